The van der Waals surface area contributed by atoms with Crippen molar-refractivity contribution in [3.63, 3.8) is 0 Å². The van der Waals surface area contributed by atoms with Crippen LogP contribution in [0.4, 0.5) is 0 Å². The third-order valence-corrected chi connectivity index (χ3v) is 5.17. The fourth-order valence-electron chi connectivity index (χ4n) is 3.66. The highest BCUT2D eigenvalue weighted by atomic mass is 16.5. The van der Waals surface area contributed by atoms with Gasteiger partial charge in [-0.1, -0.05) is 30.3 Å². The number of aryl methyl sites for hydroxylation is 1. The van der Waals surface area contributed by atoms with Crippen LogP contribution in [0.2, 0.25) is 0 Å². The summed E-state index contributed by atoms with van der Waals surface area (Å²) in [6.45, 7) is 7.82. The highest BCUT2D eigenvalue weighted by Gasteiger charge is 2.26. The van der Waals surface area contributed by atoms with Gasteiger partial charge in [-0.15, -0.1) is 0 Å². The summed E-state index contributed by atoms with van der Waals surface area (Å²) < 4.78 is 5.71. The summed E-state index contributed by atoms with van der Waals surface area (Å²) in [5, 5.41) is 0. The molecule has 7 nitrogen and oxygen atoms in total. The number of carbonyl (C=O) groups excluding carboxylic acids is 2. The number of carbonyl (C=O) groups is 2. The molecule has 1 aliphatic heterocycles. The molecule has 0 bridgehead atoms. The maximum atomic E-state index is 13.0. The van der Waals surface area contributed by atoms with Crippen LogP contribution in [-0.4, -0.2) is 70.0 Å². The second kappa shape index (κ2) is 10.3. The molecule has 0 radical (unpaired) electrons. The van der Waals surface area contributed by atoms with E-state index in [1.807, 2.05) is 56.0 Å². The van der Waals surface area contributed by atoms with Crippen LogP contribution in [0.15, 0.2) is 42.7 Å². The Balaban J connectivity index is 1.66. The highest BCUT2D eigenvalue weighted by molar-refractivity contribution is 5.92. The maximum absolute atomic E-state index is 13.0. The largest absolute Gasteiger partial charge is 0.372 e. The first-order chi connectivity index (χ1) is 14.4. The van der Waals surface area contributed by atoms with Gasteiger partial charge in [0.2, 0.25) is 5.91 Å². The lowest BCUT2D eigenvalue weighted by atomic mass is 10.1. The molecule has 0 aliphatic carbocycles. The van der Waals surface area contributed by atoms with Crippen molar-refractivity contribution in [3.8, 4) is 0 Å². The van der Waals surface area contributed by atoms with Gasteiger partial charge < -0.3 is 14.5 Å². The molecular weight excluding hydrogens is 380 g/mol. The molecule has 0 saturated carbocycles. The summed E-state index contributed by atoms with van der Waals surface area (Å²) in [7, 11) is 0. The summed E-state index contributed by atoms with van der Waals surface area (Å²) in [6.07, 6.45) is 4.13. The van der Waals surface area contributed by atoms with E-state index in [0.717, 1.165) is 11.3 Å². The molecule has 1 aliphatic rings. The Bertz CT molecular complexity index is 831. The maximum Gasteiger partial charge on any atom is 0.274 e. The predicted molar refractivity (Wildman–Crippen MR) is 114 cm³/mol. The molecule has 2 amide bonds. The minimum Gasteiger partial charge on any atom is -0.372 e. The Kier molecular flexibility index (Phi) is 7.52. The molecule has 0 spiro atoms. The van der Waals surface area contributed by atoms with Gasteiger partial charge >= 0.3 is 0 Å². The average Bonchev–Trinajstić information content (AvgIpc) is 2.73. The summed E-state index contributed by atoms with van der Waals surface area (Å²) in [5.74, 6) is -0.153. The van der Waals surface area contributed by atoms with Gasteiger partial charge in [0, 0.05) is 38.8 Å². The molecular formula is C23H30N4O3. The smallest absolute Gasteiger partial charge is 0.274 e. The number of hydrogen-bond acceptors (Lipinski definition) is 5. The summed E-state index contributed by atoms with van der Waals surface area (Å²) in [6, 6.07) is 10.0. The van der Waals surface area contributed by atoms with E-state index in [4.69, 9.17) is 4.74 Å². The van der Waals surface area contributed by atoms with Crippen LogP contribution >= 0.6 is 0 Å². The van der Waals surface area contributed by atoms with Crippen molar-refractivity contribution in [2.24, 2.45) is 0 Å². The number of hydrogen-bond donors (Lipinski definition) is 0. The highest BCUT2D eigenvalue weighted by Crippen LogP contribution is 2.13. The number of nitrogens with zero attached hydrogens (tertiary/aromatic N) is 4. The van der Waals surface area contributed by atoms with Crippen LogP contribution in [0.1, 0.15) is 42.0 Å². The molecule has 0 N–H and O–H groups in total. The van der Waals surface area contributed by atoms with Gasteiger partial charge in [-0.25, -0.2) is 4.98 Å². The first-order valence-electron chi connectivity index (χ1n) is 10.5. The molecule has 1 aromatic heterocycles. The molecule has 1 aromatic carbocycles. The molecule has 3 rings (SSSR count). The lowest BCUT2D eigenvalue weighted by Crippen LogP contribution is -2.49. The number of aromatic nitrogens is 2. The SMILES string of the molecule is Cc1cnc(C(=O)N(CCC(=O)N2C[C@@H](C)O[C@@H](C)C2)CCc2ccccc2)cn1. The predicted octanol–water partition coefficient (Wildman–Crippen LogP) is 2.50. The zero-order chi connectivity index (χ0) is 21.5. The van der Waals surface area contributed by atoms with E-state index in [9.17, 15) is 9.59 Å². The fraction of sp³-hybridized carbons (Fsp3) is 0.478. The van der Waals surface area contributed by atoms with Crippen LogP contribution < -0.4 is 0 Å². The van der Waals surface area contributed by atoms with Crippen molar-refractivity contribution in [2.75, 3.05) is 26.2 Å². The van der Waals surface area contributed by atoms with E-state index in [0.29, 0.717) is 38.3 Å². The van der Waals surface area contributed by atoms with Gasteiger partial charge in [-0.2, -0.15) is 0 Å². The van der Waals surface area contributed by atoms with Gasteiger partial charge in [0.25, 0.3) is 5.91 Å². The van der Waals surface area contributed by atoms with Crippen molar-refractivity contribution in [1.29, 1.82) is 0 Å². The summed E-state index contributed by atoms with van der Waals surface area (Å²) in [4.78, 5) is 37.8. The van der Waals surface area contributed by atoms with E-state index in [2.05, 4.69) is 9.97 Å². The van der Waals surface area contributed by atoms with E-state index in [1.54, 1.807) is 11.1 Å². The topological polar surface area (TPSA) is 75.6 Å². The Morgan fingerprint density at radius 1 is 1.07 bits per heavy atom. The third kappa shape index (κ3) is 6.10. The van der Waals surface area contributed by atoms with Crippen LogP contribution in [-0.2, 0) is 16.0 Å². The zero-order valence-corrected chi connectivity index (χ0v) is 18.0. The number of ether oxygens (including phenoxy) is 1. The minimum atomic E-state index is -0.199. The molecule has 2 aromatic rings. The molecule has 160 valence electrons. The van der Waals surface area contributed by atoms with Crippen molar-refractivity contribution >= 4 is 11.8 Å². The minimum absolute atomic E-state index is 0.0244. The molecule has 30 heavy (non-hydrogen) atoms. The number of amides is 2. The lowest BCUT2D eigenvalue weighted by Gasteiger charge is -2.35. The molecule has 2 atom stereocenters. The second-order valence-electron chi connectivity index (χ2n) is 7.88. The Labute approximate surface area is 178 Å². The van der Waals surface area contributed by atoms with Crippen molar-refractivity contribution < 1.29 is 14.3 Å². The van der Waals surface area contributed by atoms with E-state index in [-0.39, 0.29) is 30.4 Å². The van der Waals surface area contributed by atoms with E-state index in [1.165, 1.54) is 6.20 Å². The van der Waals surface area contributed by atoms with Gasteiger partial charge in [-0.05, 0) is 32.8 Å². The molecule has 1 saturated heterocycles. The Morgan fingerprint density at radius 3 is 2.40 bits per heavy atom. The summed E-state index contributed by atoms with van der Waals surface area (Å²) in [5.41, 5.74) is 2.20. The quantitative estimate of drug-likeness (QED) is 0.701. The van der Waals surface area contributed by atoms with Gasteiger partial charge in [0.15, 0.2) is 0 Å². The second-order valence-corrected chi connectivity index (χ2v) is 7.88. The van der Waals surface area contributed by atoms with Gasteiger partial charge in [0.05, 0.1) is 24.1 Å². The van der Waals surface area contributed by atoms with Crippen molar-refractivity contribution in [2.45, 2.75) is 45.8 Å². The number of morpholine rings is 1. The standard InChI is InChI=1S/C23H30N4O3/c1-17-13-25-21(14-24-17)23(29)26(11-9-20-7-5-4-6-8-20)12-10-22(28)27-15-18(2)30-19(3)16-27/h4-8,13-14,18-19H,9-12,15-16H2,1-3H3/t18-,19+. The average molecular weight is 411 g/mol. The van der Waals surface area contributed by atoms with Crippen molar-refractivity contribution in [1.82, 2.24) is 19.8 Å². The molecule has 1 fully saturated rings. The molecule has 2 heterocycles. The first kappa shape index (κ1) is 21.9. The molecule has 0 unspecified atom stereocenters. The van der Waals surface area contributed by atoms with E-state index >= 15 is 0 Å². The number of rotatable bonds is 7. The normalized spacial score (nSPS) is 18.8. The zero-order valence-electron chi connectivity index (χ0n) is 18.0. The van der Waals surface area contributed by atoms with Crippen LogP contribution in [0.3, 0.4) is 0 Å². The molecule has 7 heteroatoms. The number of benzene rings is 1. The lowest BCUT2D eigenvalue weighted by molar-refractivity contribution is -0.143. The Morgan fingerprint density at radius 2 is 1.77 bits per heavy atom. The third-order valence-electron chi connectivity index (χ3n) is 5.17. The van der Waals surface area contributed by atoms with Gasteiger partial charge in [0.1, 0.15) is 5.69 Å². The van der Waals surface area contributed by atoms with Crippen LogP contribution in [0.5, 0.6) is 0 Å². The van der Waals surface area contributed by atoms with Gasteiger partial charge in [-0.3, -0.25) is 14.6 Å². The van der Waals surface area contributed by atoms with Crippen LogP contribution in [0.25, 0.3) is 0 Å². The summed E-state index contributed by atoms with van der Waals surface area (Å²) >= 11 is 0. The monoisotopic (exact) mass is 410 g/mol. The van der Waals surface area contributed by atoms with Crippen LogP contribution in [0, 0.1) is 6.92 Å². The van der Waals surface area contributed by atoms with E-state index < -0.39 is 0 Å². The van der Waals surface area contributed by atoms with Crippen molar-refractivity contribution in [3.05, 3.63) is 59.7 Å². The Hall–Kier alpha value is -2.80. The fourth-order valence-corrected chi connectivity index (χ4v) is 3.66. The first-order valence-corrected chi connectivity index (χ1v) is 10.5.